The number of benzene rings is 1. The number of nitrogens with zero attached hydrogens (tertiary/aromatic N) is 3. The molecule has 23 heavy (non-hydrogen) atoms. The third-order valence-corrected chi connectivity index (χ3v) is 5.19. The van der Waals surface area contributed by atoms with E-state index in [1.54, 1.807) is 0 Å². The molecule has 0 bridgehead atoms. The summed E-state index contributed by atoms with van der Waals surface area (Å²) in [6, 6.07) is 6.37. The van der Waals surface area contributed by atoms with Gasteiger partial charge in [-0.15, -0.1) is 0 Å². The van der Waals surface area contributed by atoms with Gasteiger partial charge in [0.15, 0.2) is 0 Å². The minimum Gasteiger partial charge on any atom is -0.336 e. The van der Waals surface area contributed by atoms with E-state index >= 15 is 0 Å². The molecule has 4 rings (SSSR count). The van der Waals surface area contributed by atoms with E-state index in [9.17, 15) is 4.79 Å². The Hall–Kier alpha value is -2.10. The maximum absolute atomic E-state index is 13.0. The number of fused-ring (bicyclic) bond motifs is 1. The number of hydrogen-bond donors (Lipinski definition) is 0. The highest BCUT2D eigenvalue weighted by Crippen LogP contribution is 2.33. The molecule has 0 saturated carbocycles. The fourth-order valence-corrected chi connectivity index (χ4v) is 4.09. The molecule has 0 N–H and O–H groups in total. The van der Waals surface area contributed by atoms with Crippen LogP contribution in [-0.4, -0.2) is 26.9 Å². The van der Waals surface area contributed by atoms with Gasteiger partial charge in [0.2, 0.25) is 0 Å². The largest absolute Gasteiger partial charge is 0.336 e. The van der Waals surface area contributed by atoms with E-state index < -0.39 is 0 Å². The topological polar surface area (TPSA) is 38.1 Å². The second kappa shape index (κ2) is 5.52. The fraction of sp³-hybridized carbons (Fsp3) is 0.474. The lowest BCUT2D eigenvalue weighted by molar-refractivity contribution is 0.0728. The summed E-state index contributed by atoms with van der Waals surface area (Å²) >= 11 is 0. The van der Waals surface area contributed by atoms with E-state index in [-0.39, 0.29) is 11.9 Å². The molecular weight excluding hydrogens is 286 g/mol. The van der Waals surface area contributed by atoms with Crippen molar-refractivity contribution in [1.82, 2.24) is 14.5 Å². The summed E-state index contributed by atoms with van der Waals surface area (Å²) in [5.41, 5.74) is 4.63. The van der Waals surface area contributed by atoms with Gasteiger partial charge >= 0.3 is 0 Å². The predicted molar refractivity (Wildman–Crippen MR) is 89.4 cm³/mol. The molecule has 1 unspecified atom stereocenters. The molecule has 1 aliphatic carbocycles. The lowest BCUT2D eigenvalue weighted by Gasteiger charge is -2.24. The van der Waals surface area contributed by atoms with E-state index in [2.05, 4.69) is 21.7 Å². The van der Waals surface area contributed by atoms with Crippen molar-refractivity contribution in [3.63, 3.8) is 0 Å². The van der Waals surface area contributed by atoms with Crippen molar-refractivity contribution in [2.75, 3.05) is 6.54 Å². The van der Waals surface area contributed by atoms with Crippen molar-refractivity contribution in [3.8, 4) is 0 Å². The number of aryl methyl sites for hydroxylation is 4. The average molecular weight is 309 g/mol. The van der Waals surface area contributed by atoms with Gasteiger partial charge in [0, 0.05) is 25.4 Å². The monoisotopic (exact) mass is 309 g/mol. The van der Waals surface area contributed by atoms with E-state index in [1.807, 2.05) is 31.1 Å². The van der Waals surface area contributed by atoms with Crippen LogP contribution in [-0.2, 0) is 19.9 Å². The zero-order valence-corrected chi connectivity index (χ0v) is 13.9. The number of aromatic nitrogens is 2. The Labute approximate surface area is 137 Å². The summed E-state index contributed by atoms with van der Waals surface area (Å²) in [5, 5.41) is 0. The van der Waals surface area contributed by atoms with Crippen LogP contribution >= 0.6 is 0 Å². The van der Waals surface area contributed by atoms with Crippen molar-refractivity contribution in [2.24, 2.45) is 7.05 Å². The van der Waals surface area contributed by atoms with Crippen LogP contribution in [0.25, 0.3) is 0 Å². The first-order chi connectivity index (χ1) is 11.1. The van der Waals surface area contributed by atoms with Gasteiger partial charge in [0.1, 0.15) is 5.82 Å². The summed E-state index contributed by atoms with van der Waals surface area (Å²) in [5.74, 6) is 1.16. The Morgan fingerprint density at radius 3 is 2.83 bits per heavy atom. The van der Waals surface area contributed by atoms with Gasteiger partial charge in [-0.2, -0.15) is 0 Å². The number of carbonyl (C=O) groups excluding carboxylic acids is 1. The summed E-state index contributed by atoms with van der Waals surface area (Å²) in [4.78, 5) is 19.7. The molecule has 1 amide bonds. The van der Waals surface area contributed by atoms with Crippen molar-refractivity contribution < 1.29 is 4.79 Å². The van der Waals surface area contributed by atoms with Gasteiger partial charge in [0.05, 0.1) is 11.7 Å². The Balaban J connectivity index is 1.63. The molecule has 0 radical (unpaired) electrons. The first kappa shape index (κ1) is 14.5. The number of rotatable bonds is 2. The third-order valence-electron chi connectivity index (χ3n) is 5.19. The second-order valence-electron chi connectivity index (χ2n) is 6.85. The number of amides is 1. The number of hydrogen-bond acceptors (Lipinski definition) is 2. The molecule has 1 aliphatic heterocycles. The molecular formula is C19H23N3O. The highest BCUT2D eigenvalue weighted by Gasteiger charge is 2.33. The highest BCUT2D eigenvalue weighted by atomic mass is 16.2. The summed E-state index contributed by atoms with van der Waals surface area (Å²) in [7, 11) is 2.02. The van der Waals surface area contributed by atoms with Gasteiger partial charge in [-0.25, -0.2) is 4.98 Å². The third kappa shape index (κ3) is 2.46. The molecule has 4 heteroatoms. The summed E-state index contributed by atoms with van der Waals surface area (Å²) in [6.07, 6.45) is 7.56. The van der Waals surface area contributed by atoms with Crippen LogP contribution in [0.15, 0.2) is 24.4 Å². The van der Waals surface area contributed by atoms with E-state index in [1.165, 1.54) is 17.5 Å². The number of likely N-dealkylation sites (tertiary alicyclic amines) is 1. The van der Waals surface area contributed by atoms with Crippen LogP contribution in [0, 0.1) is 6.92 Å². The van der Waals surface area contributed by atoms with E-state index in [4.69, 9.17) is 0 Å². The first-order valence-electron chi connectivity index (χ1n) is 8.56. The quantitative estimate of drug-likeness (QED) is 0.854. The molecule has 2 aromatic rings. The molecule has 1 aromatic carbocycles. The SMILES string of the molecule is Cc1cn(C)c(C2CCCN2C(=O)c2ccc3c(c2)CCC3)n1. The Morgan fingerprint density at radius 2 is 2.04 bits per heavy atom. The molecule has 2 heterocycles. The highest BCUT2D eigenvalue weighted by molar-refractivity contribution is 5.95. The van der Waals surface area contributed by atoms with E-state index in [0.29, 0.717) is 0 Å². The predicted octanol–water partition coefficient (Wildman–Crippen LogP) is 3.19. The Morgan fingerprint density at radius 1 is 1.22 bits per heavy atom. The van der Waals surface area contributed by atoms with E-state index in [0.717, 1.165) is 49.3 Å². The Kier molecular flexibility index (Phi) is 3.47. The summed E-state index contributed by atoms with van der Waals surface area (Å²) < 4.78 is 2.06. The standard InChI is InChI=1S/C19H23N3O/c1-13-12-21(2)18(20-13)17-7-4-10-22(17)19(23)16-9-8-14-5-3-6-15(14)11-16/h8-9,11-12,17H,3-7,10H2,1-2H3. The van der Waals surface area contributed by atoms with Crippen LogP contribution in [0.5, 0.6) is 0 Å². The van der Waals surface area contributed by atoms with Crippen molar-refractivity contribution in [1.29, 1.82) is 0 Å². The molecule has 1 saturated heterocycles. The van der Waals surface area contributed by atoms with Gasteiger partial charge in [-0.05, 0) is 62.3 Å². The lowest BCUT2D eigenvalue weighted by Crippen LogP contribution is -2.31. The zero-order valence-electron chi connectivity index (χ0n) is 13.9. The molecule has 1 aromatic heterocycles. The van der Waals surface area contributed by atoms with Crippen LogP contribution in [0.4, 0.5) is 0 Å². The minimum atomic E-state index is 0.106. The number of carbonyl (C=O) groups is 1. The normalized spacial score (nSPS) is 20.1. The molecule has 2 aliphatic rings. The minimum absolute atomic E-state index is 0.106. The maximum atomic E-state index is 13.0. The van der Waals surface area contributed by atoms with Crippen molar-refractivity contribution >= 4 is 5.91 Å². The number of imidazole rings is 1. The fourth-order valence-electron chi connectivity index (χ4n) is 4.09. The van der Waals surface area contributed by atoms with Crippen LogP contribution in [0.2, 0.25) is 0 Å². The van der Waals surface area contributed by atoms with Gasteiger partial charge < -0.3 is 9.47 Å². The molecule has 120 valence electrons. The lowest BCUT2D eigenvalue weighted by atomic mass is 10.1. The molecule has 0 spiro atoms. The average Bonchev–Trinajstić information content (AvgIpc) is 3.24. The maximum Gasteiger partial charge on any atom is 0.254 e. The second-order valence-corrected chi connectivity index (χ2v) is 6.85. The van der Waals surface area contributed by atoms with Crippen LogP contribution in [0.1, 0.15) is 58.3 Å². The van der Waals surface area contributed by atoms with Gasteiger partial charge in [-0.3, -0.25) is 4.79 Å². The molecule has 4 nitrogen and oxygen atoms in total. The van der Waals surface area contributed by atoms with Gasteiger partial charge in [-0.1, -0.05) is 6.07 Å². The molecule has 1 fully saturated rings. The smallest absolute Gasteiger partial charge is 0.254 e. The van der Waals surface area contributed by atoms with Crippen LogP contribution in [0.3, 0.4) is 0 Å². The zero-order chi connectivity index (χ0) is 16.0. The Bertz CT molecular complexity index is 762. The van der Waals surface area contributed by atoms with Crippen molar-refractivity contribution in [2.45, 2.75) is 45.1 Å². The first-order valence-corrected chi connectivity index (χ1v) is 8.56. The van der Waals surface area contributed by atoms with Crippen LogP contribution < -0.4 is 0 Å². The summed E-state index contributed by atoms with van der Waals surface area (Å²) in [6.45, 7) is 2.83. The van der Waals surface area contributed by atoms with Crippen molar-refractivity contribution in [3.05, 3.63) is 52.6 Å². The van der Waals surface area contributed by atoms with Gasteiger partial charge in [0.25, 0.3) is 5.91 Å². The molecule has 1 atom stereocenters.